The zero-order valence-electron chi connectivity index (χ0n) is 10.4. The summed E-state index contributed by atoms with van der Waals surface area (Å²) in [5.74, 6) is 0.943. The minimum atomic E-state index is -3.02. The molecule has 0 saturated carbocycles. The van der Waals surface area contributed by atoms with Crippen molar-refractivity contribution in [1.29, 1.82) is 0 Å². The van der Waals surface area contributed by atoms with Gasteiger partial charge in [-0.15, -0.1) is 11.6 Å². The molecule has 0 aliphatic carbocycles. The van der Waals surface area contributed by atoms with E-state index < -0.39 is 10.0 Å². The van der Waals surface area contributed by atoms with Gasteiger partial charge < -0.3 is 0 Å². The Balaban J connectivity index is 3.77. The van der Waals surface area contributed by atoms with Gasteiger partial charge in [0.1, 0.15) is 0 Å². The average Bonchev–Trinajstić information content (AvgIpc) is 2.25. The Morgan fingerprint density at radius 1 is 1.06 bits per heavy atom. The smallest absolute Gasteiger partial charge is 0.212 e. The topological polar surface area (TPSA) is 37.4 Å². The molecule has 0 aromatic heterocycles. The van der Waals surface area contributed by atoms with Gasteiger partial charge in [-0.2, -0.15) is 0 Å². The molecule has 0 rings (SSSR count). The fraction of sp³-hybridized carbons (Fsp3) is 1.00. The van der Waals surface area contributed by atoms with E-state index in [1.54, 1.807) is 7.05 Å². The molecule has 0 spiro atoms. The minimum absolute atomic E-state index is 0.273. The maximum Gasteiger partial charge on any atom is 0.213 e. The highest BCUT2D eigenvalue weighted by atomic mass is 35.5. The molecule has 0 radical (unpaired) electrons. The van der Waals surface area contributed by atoms with Crippen LogP contribution in [0.25, 0.3) is 0 Å². The van der Waals surface area contributed by atoms with Crippen molar-refractivity contribution in [3.63, 3.8) is 0 Å². The quantitative estimate of drug-likeness (QED) is 0.452. The predicted molar refractivity (Wildman–Crippen MR) is 70.5 cm³/mol. The Morgan fingerprint density at radius 3 is 2.25 bits per heavy atom. The van der Waals surface area contributed by atoms with Crippen molar-refractivity contribution in [2.24, 2.45) is 0 Å². The molecule has 3 nitrogen and oxygen atoms in total. The third-order valence-corrected chi connectivity index (χ3v) is 4.79. The third-order valence-electron chi connectivity index (χ3n) is 2.59. The molecule has 0 amide bonds. The van der Waals surface area contributed by atoms with Gasteiger partial charge in [0.05, 0.1) is 5.75 Å². The molecule has 0 saturated heterocycles. The van der Waals surface area contributed by atoms with Gasteiger partial charge in [0.15, 0.2) is 0 Å². The molecule has 0 unspecified atom stereocenters. The minimum Gasteiger partial charge on any atom is -0.212 e. The van der Waals surface area contributed by atoms with Crippen LogP contribution in [0.3, 0.4) is 0 Å². The van der Waals surface area contributed by atoms with Gasteiger partial charge in [0, 0.05) is 19.5 Å². The molecule has 0 heterocycles. The second-order valence-electron chi connectivity index (χ2n) is 4.09. The lowest BCUT2D eigenvalue weighted by atomic mass is 10.2. The predicted octanol–water partition coefficient (Wildman–Crippen LogP) is 2.85. The van der Waals surface area contributed by atoms with Crippen LogP contribution in [0.15, 0.2) is 0 Å². The summed E-state index contributed by atoms with van der Waals surface area (Å²) in [6.07, 6.45) is 5.66. The lowest BCUT2D eigenvalue weighted by molar-refractivity contribution is 0.457. The first-order chi connectivity index (χ1) is 7.54. The molecular weight excluding hydrogens is 246 g/mol. The van der Waals surface area contributed by atoms with Gasteiger partial charge in [-0.05, 0) is 19.3 Å². The summed E-state index contributed by atoms with van der Waals surface area (Å²) in [6, 6.07) is 0. The summed E-state index contributed by atoms with van der Waals surface area (Å²) in [4.78, 5) is 0. The van der Waals surface area contributed by atoms with E-state index >= 15 is 0 Å². The van der Waals surface area contributed by atoms with Crippen LogP contribution in [0.2, 0.25) is 0 Å². The van der Waals surface area contributed by atoms with Gasteiger partial charge in [-0.3, -0.25) is 0 Å². The average molecular weight is 270 g/mol. The largest absolute Gasteiger partial charge is 0.213 e. The Morgan fingerprint density at radius 2 is 1.69 bits per heavy atom. The van der Waals surface area contributed by atoms with Crippen LogP contribution in [-0.2, 0) is 10.0 Å². The highest BCUT2D eigenvalue weighted by Gasteiger charge is 2.15. The van der Waals surface area contributed by atoms with Crippen molar-refractivity contribution in [3.05, 3.63) is 0 Å². The Hall–Kier alpha value is 0.200. The summed E-state index contributed by atoms with van der Waals surface area (Å²) in [7, 11) is -1.35. The van der Waals surface area contributed by atoms with Crippen molar-refractivity contribution in [3.8, 4) is 0 Å². The molecule has 0 bridgehead atoms. The van der Waals surface area contributed by atoms with Crippen molar-refractivity contribution >= 4 is 21.6 Å². The summed E-state index contributed by atoms with van der Waals surface area (Å²) >= 11 is 5.55. The fourth-order valence-electron chi connectivity index (χ4n) is 1.41. The molecule has 5 heteroatoms. The van der Waals surface area contributed by atoms with Crippen molar-refractivity contribution in [2.75, 3.05) is 25.2 Å². The molecule has 0 aliphatic heterocycles. The standard InChI is InChI=1S/C11H24ClNO2S/c1-3-4-10-13(2)16(14,15)11-8-6-5-7-9-12/h3-11H2,1-2H3. The Labute approximate surface area is 105 Å². The highest BCUT2D eigenvalue weighted by Crippen LogP contribution is 2.07. The van der Waals surface area contributed by atoms with Gasteiger partial charge in [-0.1, -0.05) is 26.2 Å². The van der Waals surface area contributed by atoms with Gasteiger partial charge in [0.25, 0.3) is 0 Å². The lowest BCUT2D eigenvalue weighted by Gasteiger charge is -2.16. The number of halogens is 1. The molecule has 0 atom stereocenters. The van der Waals surface area contributed by atoms with Crippen molar-refractivity contribution in [2.45, 2.75) is 45.4 Å². The Kier molecular flexibility index (Phi) is 9.37. The van der Waals surface area contributed by atoms with Gasteiger partial charge >= 0.3 is 0 Å². The first kappa shape index (κ1) is 16.2. The summed E-state index contributed by atoms with van der Waals surface area (Å²) in [5, 5.41) is 0. The number of alkyl halides is 1. The molecule has 0 aromatic rings. The monoisotopic (exact) mass is 269 g/mol. The van der Waals surface area contributed by atoms with Crippen LogP contribution < -0.4 is 0 Å². The normalized spacial score (nSPS) is 12.2. The van der Waals surface area contributed by atoms with Crippen LogP contribution in [0, 0.1) is 0 Å². The second kappa shape index (κ2) is 9.25. The fourth-order valence-corrected chi connectivity index (χ4v) is 2.89. The van der Waals surface area contributed by atoms with E-state index in [9.17, 15) is 8.42 Å². The summed E-state index contributed by atoms with van der Waals surface area (Å²) < 4.78 is 25.0. The van der Waals surface area contributed by atoms with E-state index in [0.29, 0.717) is 12.4 Å². The molecule has 16 heavy (non-hydrogen) atoms. The molecular formula is C11H24ClNO2S. The van der Waals surface area contributed by atoms with Crippen LogP contribution in [-0.4, -0.2) is 37.9 Å². The van der Waals surface area contributed by atoms with Crippen LogP contribution in [0.1, 0.15) is 45.4 Å². The number of sulfonamides is 1. The third kappa shape index (κ3) is 7.47. The summed E-state index contributed by atoms with van der Waals surface area (Å²) in [5.41, 5.74) is 0. The summed E-state index contributed by atoms with van der Waals surface area (Å²) in [6.45, 7) is 2.70. The van der Waals surface area contributed by atoms with E-state index in [2.05, 4.69) is 6.92 Å². The number of hydrogen-bond donors (Lipinski definition) is 0. The number of rotatable bonds is 10. The second-order valence-corrected chi connectivity index (χ2v) is 6.67. The lowest BCUT2D eigenvalue weighted by Crippen LogP contribution is -2.30. The van der Waals surface area contributed by atoms with E-state index in [4.69, 9.17) is 11.6 Å². The van der Waals surface area contributed by atoms with Gasteiger partial charge in [-0.25, -0.2) is 12.7 Å². The number of hydrogen-bond acceptors (Lipinski definition) is 2. The maximum atomic E-state index is 11.8. The van der Waals surface area contributed by atoms with Gasteiger partial charge in [0.2, 0.25) is 10.0 Å². The Bertz CT molecular complexity index is 255. The van der Waals surface area contributed by atoms with E-state index in [0.717, 1.165) is 38.5 Å². The molecule has 0 aromatic carbocycles. The van der Waals surface area contributed by atoms with Crippen molar-refractivity contribution in [1.82, 2.24) is 4.31 Å². The molecule has 98 valence electrons. The molecule has 0 N–H and O–H groups in total. The van der Waals surface area contributed by atoms with E-state index in [1.807, 2.05) is 0 Å². The molecule has 0 aliphatic rings. The number of unbranched alkanes of at least 4 members (excludes halogenated alkanes) is 4. The van der Waals surface area contributed by atoms with Crippen LogP contribution >= 0.6 is 11.6 Å². The van der Waals surface area contributed by atoms with E-state index in [-0.39, 0.29) is 5.75 Å². The first-order valence-corrected chi connectivity index (χ1v) is 8.19. The zero-order valence-corrected chi connectivity index (χ0v) is 12.0. The SMILES string of the molecule is CCCCN(C)S(=O)(=O)CCCCCCCl. The molecule has 0 fully saturated rings. The van der Waals surface area contributed by atoms with E-state index in [1.165, 1.54) is 4.31 Å². The van der Waals surface area contributed by atoms with Crippen LogP contribution in [0.5, 0.6) is 0 Å². The van der Waals surface area contributed by atoms with Crippen LogP contribution in [0.4, 0.5) is 0 Å². The first-order valence-electron chi connectivity index (χ1n) is 6.04. The van der Waals surface area contributed by atoms with Crippen molar-refractivity contribution < 1.29 is 8.42 Å². The highest BCUT2D eigenvalue weighted by molar-refractivity contribution is 7.89. The maximum absolute atomic E-state index is 11.8. The zero-order chi connectivity index (χ0) is 12.4. The number of nitrogens with zero attached hydrogens (tertiary/aromatic N) is 1.